The fourth-order valence-corrected chi connectivity index (χ4v) is 3.27. The van der Waals surface area contributed by atoms with Gasteiger partial charge in [-0.25, -0.2) is 5.43 Å². The number of hydrogen-bond acceptors (Lipinski definition) is 6. The minimum Gasteiger partial charge on any atom is -0.490 e. The number of amides is 1. The predicted molar refractivity (Wildman–Crippen MR) is 109 cm³/mol. The summed E-state index contributed by atoms with van der Waals surface area (Å²) in [4.78, 5) is 13.5. The molecule has 27 heavy (non-hydrogen) atoms. The molecule has 1 N–H and O–H groups in total. The van der Waals surface area contributed by atoms with Crippen LogP contribution in [-0.2, 0) is 0 Å². The first-order valence-electron chi connectivity index (χ1n) is 8.66. The third-order valence-electron chi connectivity index (χ3n) is 3.43. The molecule has 0 spiro atoms. The molecule has 2 rings (SSSR count). The molecule has 1 amide bonds. The van der Waals surface area contributed by atoms with Crippen LogP contribution in [0.5, 0.6) is 17.2 Å². The molecule has 2 aromatic rings. The number of carbonyl (C=O) groups is 1. The summed E-state index contributed by atoms with van der Waals surface area (Å²) in [5.41, 5.74) is 3.59. The molecule has 0 aliphatic carbocycles. The van der Waals surface area contributed by atoms with Gasteiger partial charge in [-0.1, -0.05) is 11.6 Å². The highest BCUT2D eigenvalue weighted by molar-refractivity contribution is 7.18. The number of hydrazone groups is 1. The number of nitrogens with zero attached hydrogens (tertiary/aromatic N) is 1. The number of nitrogens with one attached hydrogen (secondary N) is 1. The largest absolute Gasteiger partial charge is 0.490 e. The molecule has 0 radical (unpaired) electrons. The standard InChI is InChI=1S/C19H23ClN2O4S/c1-5-24-14-10-13(11-15(25-6-2)18(14)26-7-3)19(23)22-21-12(4)16-8-9-17(20)27-16/h8-11H,5-7H2,1-4H3,(H,22,23)/b21-12+. The van der Waals surface area contributed by atoms with Gasteiger partial charge in [0.1, 0.15) is 0 Å². The van der Waals surface area contributed by atoms with Crippen molar-refractivity contribution in [3.05, 3.63) is 39.0 Å². The molecule has 6 nitrogen and oxygen atoms in total. The van der Waals surface area contributed by atoms with E-state index in [0.29, 0.717) is 52.7 Å². The topological polar surface area (TPSA) is 69.2 Å². The normalized spacial score (nSPS) is 11.2. The lowest BCUT2D eigenvalue weighted by Crippen LogP contribution is -2.19. The molecule has 0 saturated heterocycles. The van der Waals surface area contributed by atoms with Gasteiger partial charge >= 0.3 is 0 Å². The van der Waals surface area contributed by atoms with Gasteiger partial charge in [0.2, 0.25) is 5.75 Å². The molecule has 0 unspecified atom stereocenters. The van der Waals surface area contributed by atoms with E-state index in [1.807, 2.05) is 26.8 Å². The second-order valence-corrected chi connectivity index (χ2v) is 7.06. The van der Waals surface area contributed by atoms with E-state index >= 15 is 0 Å². The van der Waals surface area contributed by atoms with Gasteiger partial charge in [0.05, 0.1) is 34.7 Å². The van der Waals surface area contributed by atoms with E-state index in [2.05, 4.69) is 10.5 Å². The Morgan fingerprint density at radius 3 is 2.15 bits per heavy atom. The molecular weight excluding hydrogens is 388 g/mol. The van der Waals surface area contributed by atoms with Gasteiger partial charge < -0.3 is 14.2 Å². The molecule has 1 aromatic heterocycles. The number of thiophene rings is 1. The monoisotopic (exact) mass is 410 g/mol. The Morgan fingerprint density at radius 1 is 1.07 bits per heavy atom. The van der Waals surface area contributed by atoms with E-state index in [-0.39, 0.29) is 5.91 Å². The van der Waals surface area contributed by atoms with Crippen LogP contribution in [0.15, 0.2) is 29.4 Å². The van der Waals surface area contributed by atoms with Gasteiger partial charge in [-0.05, 0) is 52.0 Å². The number of benzene rings is 1. The Morgan fingerprint density at radius 2 is 1.67 bits per heavy atom. The summed E-state index contributed by atoms with van der Waals surface area (Å²) in [6.45, 7) is 8.74. The molecule has 8 heteroatoms. The van der Waals surface area contributed by atoms with E-state index < -0.39 is 0 Å². The van der Waals surface area contributed by atoms with Crippen LogP contribution < -0.4 is 19.6 Å². The smallest absolute Gasteiger partial charge is 0.271 e. The van der Waals surface area contributed by atoms with Crippen molar-refractivity contribution < 1.29 is 19.0 Å². The quantitative estimate of drug-likeness (QED) is 0.478. The number of rotatable bonds is 9. The lowest BCUT2D eigenvalue weighted by molar-refractivity contribution is 0.0953. The predicted octanol–water partition coefficient (Wildman–Crippen LogP) is 4.75. The average Bonchev–Trinajstić information content (AvgIpc) is 3.08. The average molecular weight is 411 g/mol. The third-order valence-corrected chi connectivity index (χ3v) is 4.77. The highest BCUT2D eigenvalue weighted by Crippen LogP contribution is 2.39. The number of carbonyl (C=O) groups excluding carboxylic acids is 1. The van der Waals surface area contributed by atoms with E-state index in [9.17, 15) is 4.79 Å². The number of halogens is 1. The van der Waals surface area contributed by atoms with Crippen molar-refractivity contribution in [2.45, 2.75) is 27.7 Å². The lowest BCUT2D eigenvalue weighted by Gasteiger charge is -2.16. The Kier molecular flexibility index (Phi) is 7.94. The summed E-state index contributed by atoms with van der Waals surface area (Å²) < 4.78 is 17.6. The summed E-state index contributed by atoms with van der Waals surface area (Å²) in [6, 6.07) is 6.89. The fraction of sp³-hybridized carbons (Fsp3) is 0.368. The fourth-order valence-electron chi connectivity index (χ4n) is 2.28. The Labute approximate surface area is 168 Å². The lowest BCUT2D eigenvalue weighted by atomic mass is 10.1. The van der Waals surface area contributed by atoms with Gasteiger partial charge in [0.25, 0.3) is 5.91 Å². The highest BCUT2D eigenvalue weighted by Gasteiger charge is 2.18. The van der Waals surface area contributed by atoms with Crippen molar-refractivity contribution in [1.29, 1.82) is 0 Å². The van der Waals surface area contributed by atoms with E-state index in [1.54, 1.807) is 25.1 Å². The van der Waals surface area contributed by atoms with E-state index in [0.717, 1.165) is 4.88 Å². The van der Waals surface area contributed by atoms with Crippen LogP contribution >= 0.6 is 22.9 Å². The van der Waals surface area contributed by atoms with Crippen LogP contribution in [0, 0.1) is 0 Å². The van der Waals surface area contributed by atoms with E-state index in [1.165, 1.54) is 11.3 Å². The zero-order chi connectivity index (χ0) is 19.8. The number of hydrogen-bond donors (Lipinski definition) is 1. The minimum atomic E-state index is -0.373. The van der Waals surface area contributed by atoms with Crippen molar-refractivity contribution >= 4 is 34.6 Å². The number of ether oxygens (including phenoxy) is 3. The molecule has 0 bridgehead atoms. The van der Waals surface area contributed by atoms with Crippen molar-refractivity contribution in [1.82, 2.24) is 5.43 Å². The summed E-state index contributed by atoms with van der Waals surface area (Å²) in [5.74, 6) is 1.04. The molecule has 146 valence electrons. The summed E-state index contributed by atoms with van der Waals surface area (Å²) in [6.07, 6.45) is 0. The maximum atomic E-state index is 12.6. The van der Waals surface area contributed by atoms with Crippen LogP contribution in [0.1, 0.15) is 42.9 Å². The second-order valence-electron chi connectivity index (χ2n) is 5.34. The zero-order valence-electron chi connectivity index (χ0n) is 15.8. The molecule has 0 aliphatic heterocycles. The van der Waals surface area contributed by atoms with Gasteiger partial charge in [-0.2, -0.15) is 5.10 Å². The summed E-state index contributed by atoms with van der Waals surface area (Å²) in [7, 11) is 0. The minimum absolute atomic E-state index is 0.367. The van der Waals surface area contributed by atoms with Crippen LogP contribution in [0.25, 0.3) is 0 Å². The van der Waals surface area contributed by atoms with Crippen LogP contribution in [0.3, 0.4) is 0 Å². The Hall–Kier alpha value is -2.25. The summed E-state index contributed by atoms with van der Waals surface area (Å²) >= 11 is 7.33. The van der Waals surface area contributed by atoms with Crippen molar-refractivity contribution in [3.63, 3.8) is 0 Å². The first-order chi connectivity index (χ1) is 13.0. The Bertz CT molecular complexity index is 793. The summed E-state index contributed by atoms with van der Waals surface area (Å²) in [5, 5.41) is 4.15. The van der Waals surface area contributed by atoms with Gasteiger partial charge in [0.15, 0.2) is 11.5 Å². The molecule has 0 atom stereocenters. The zero-order valence-corrected chi connectivity index (χ0v) is 17.4. The Balaban J connectivity index is 2.28. The highest BCUT2D eigenvalue weighted by atomic mass is 35.5. The van der Waals surface area contributed by atoms with Gasteiger partial charge in [-0.15, -0.1) is 11.3 Å². The molecule has 1 heterocycles. The first kappa shape index (κ1) is 21.1. The van der Waals surface area contributed by atoms with Crippen LogP contribution in [-0.4, -0.2) is 31.4 Å². The molecule has 0 fully saturated rings. The molecule has 0 aliphatic rings. The SMILES string of the molecule is CCOc1cc(C(=O)N/N=C(\C)c2ccc(Cl)s2)cc(OCC)c1OCC. The second kappa shape index (κ2) is 10.2. The van der Waals surface area contributed by atoms with Gasteiger partial charge in [-0.3, -0.25) is 4.79 Å². The molecule has 1 aromatic carbocycles. The molecule has 0 saturated carbocycles. The third kappa shape index (κ3) is 5.61. The van der Waals surface area contributed by atoms with Crippen molar-refractivity contribution in [2.75, 3.05) is 19.8 Å². The maximum Gasteiger partial charge on any atom is 0.271 e. The maximum absolute atomic E-state index is 12.6. The van der Waals surface area contributed by atoms with Crippen molar-refractivity contribution in [2.24, 2.45) is 5.10 Å². The van der Waals surface area contributed by atoms with Crippen molar-refractivity contribution in [3.8, 4) is 17.2 Å². The van der Waals surface area contributed by atoms with E-state index in [4.69, 9.17) is 25.8 Å². The van der Waals surface area contributed by atoms with Crippen LogP contribution in [0.4, 0.5) is 0 Å². The molecular formula is C19H23ClN2O4S. The van der Waals surface area contributed by atoms with Crippen LogP contribution in [0.2, 0.25) is 4.34 Å². The van der Waals surface area contributed by atoms with Gasteiger partial charge in [0, 0.05) is 5.56 Å². The first-order valence-corrected chi connectivity index (χ1v) is 9.86.